The SMILES string of the molecule is C[C@@](O)(C(=O)N1C[C@H](F)[C@H](NC(=O)c2cc(F)cc(-c3cc(C(F)(F)F)c4c(N)ncnn34)c2)C1)C(F)(F)F. The molecule has 0 unspecified atom stereocenters. The van der Waals surface area contributed by atoms with Gasteiger partial charge in [0.15, 0.2) is 5.82 Å². The van der Waals surface area contributed by atoms with Crippen molar-refractivity contribution in [3.63, 3.8) is 0 Å². The minimum Gasteiger partial charge on any atom is -0.382 e. The molecule has 39 heavy (non-hydrogen) atoms. The lowest BCUT2D eigenvalue weighted by Gasteiger charge is -2.29. The average Bonchev–Trinajstić information content (AvgIpc) is 3.39. The van der Waals surface area contributed by atoms with Crippen molar-refractivity contribution in [2.24, 2.45) is 0 Å². The summed E-state index contributed by atoms with van der Waals surface area (Å²) >= 11 is 0. The smallest absolute Gasteiger partial charge is 0.382 e. The third kappa shape index (κ3) is 5.05. The molecule has 3 atom stereocenters. The highest BCUT2D eigenvalue weighted by molar-refractivity contribution is 5.96. The summed E-state index contributed by atoms with van der Waals surface area (Å²) in [7, 11) is 0. The second-order valence-electron chi connectivity index (χ2n) is 8.95. The first kappa shape index (κ1) is 28.0. The molecule has 1 saturated heterocycles. The van der Waals surface area contributed by atoms with Crippen LogP contribution in [0.1, 0.15) is 22.8 Å². The molecule has 0 spiro atoms. The number of carbonyl (C=O) groups excluding carboxylic acids is 2. The first-order valence-electron chi connectivity index (χ1n) is 11.0. The molecule has 0 radical (unpaired) electrons. The van der Waals surface area contributed by atoms with Crippen molar-refractivity contribution in [3.8, 4) is 11.3 Å². The second-order valence-corrected chi connectivity index (χ2v) is 8.95. The van der Waals surface area contributed by atoms with Crippen LogP contribution in [-0.4, -0.2) is 73.5 Å². The van der Waals surface area contributed by atoms with Gasteiger partial charge in [-0.05, 0) is 31.2 Å². The molecular formula is C22H18F8N6O3. The monoisotopic (exact) mass is 566 g/mol. The number of nitrogen functional groups attached to an aromatic ring is 1. The van der Waals surface area contributed by atoms with Crippen molar-refractivity contribution >= 4 is 23.1 Å². The molecule has 2 amide bonds. The van der Waals surface area contributed by atoms with Crippen molar-refractivity contribution in [1.29, 1.82) is 0 Å². The lowest BCUT2D eigenvalue weighted by atomic mass is 10.1. The number of aliphatic hydroxyl groups is 1. The average molecular weight is 566 g/mol. The minimum absolute atomic E-state index is 0.205. The zero-order chi connectivity index (χ0) is 29.1. The van der Waals surface area contributed by atoms with Crippen LogP contribution in [0, 0.1) is 5.82 Å². The topological polar surface area (TPSA) is 126 Å². The van der Waals surface area contributed by atoms with Gasteiger partial charge in [-0.25, -0.2) is 18.3 Å². The van der Waals surface area contributed by atoms with Gasteiger partial charge in [0.2, 0.25) is 5.60 Å². The number of benzene rings is 1. The van der Waals surface area contributed by atoms with Crippen LogP contribution < -0.4 is 11.1 Å². The van der Waals surface area contributed by atoms with Crippen molar-refractivity contribution in [1.82, 2.24) is 24.8 Å². The number of likely N-dealkylation sites (tertiary alicyclic amines) is 1. The first-order valence-corrected chi connectivity index (χ1v) is 11.0. The van der Waals surface area contributed by atoms with E-state index in [0.717, 1.165) is 23.0 Å². The Balaban J connectivity index is 1.62. The van der Waals surface area contributed by atoms with Crippen molar-refractivity contribution in [3.05, 3.63) is 47.5 Å². The molecule has 1 fully saturated rings. The number of nitrogens with zero attached hydrogens (tertiary/aromatic N) is 4. The molecule has 0 saturated carbocycles. The van der Waals surface area contributed by atoms with Gasteiger partial charge in [0.1, 0.15) is 23.8 Å². The molecule has 2 aromatic heterocycles. The zero-order valence-corrected chi connectivity index (χ0v) is 19.6. The Morgan fingerprint density at radius 2 is 1.77 bits per heavy atom. The Labute approximate surface area is 213 Å². The van der Waals surface area contributed by atoms with E-state index in [9.17, 15) is 49.8 Å². The number of hydrogen-bond acceptors (Lipinski definition) is 6. The number of anilines is 1. The van der Waals surface area contributed by atoms with Gasteiger partial charge < -0.3 is 21.1 Å². The normalized spacial score (nSPS) is 19.8. The van der Waals surface area contributed by atoms with E-state index in [2.05, 4.69) is 15.4 Å². The summed E-state index contributed by atoms with van der Waals surface area (Å²) < 4.78 is 110. The Morgan fingerprint density at radius 3 is 2.38 bits per heavy atom. The Morgan fingerprint density at radius 1 is 1.10 bits per heavy atom. The van der Waals surface area contributed by atoms with Gasteiger partial charge >= 0.3 is 12.4 Å². The lowest BCUT2D eigenvalue weighted by Crippen LogP contribution is -2.56. The molecule has 3 aromatic rings. The van der Waals surface area contributed by atoms with E-state index < -0.39 is 83.3 Å². The fourth-order valence-electron chi connectivity index (χ4n) is 4.11. The van der Waals surface area contributed by atoms with Gasteiger partial charge in [-0.1, -0.05) is 0 Å². The van der Waals surface area contributed by atoms with Gasteiger partial charge in [0, 0.05) is 17.7 Å². The zero-order valence-electron chi connectivity index (χ0n) is 19.6. The third-order valence-electron chi connectivity index (χ3n) is 6.16. The molecular weight excluding hydrogens is 548 g/mol. The molecule has 1 aromatic carbocycles. The molecule has 3 heterocycles. The maximum absolute atomic E-state index is 14.5. The molecule has 4 N–H and O–H groups in total. The quantitative estimate of drug-likeness (QED) is 0.417. The van der Waals surface area contributed by atoms with Crippen molar-refractivity contribution in [2.75, 3.05) is 18.8 Å². The Kier molecular flexibility index (Phi) is 6.69. The fourth-order valence-corrected chi connectivity index (χ4v) is 4.11. The highest BCUT2D eigenvalue weighted by atomic mass is 19.4. The van der Waals surface area contributed by atoms with Gasteiger partial charge in [-0.15, -0.1) is 0 Å². The summed E-state index contributed by atoms with van der Waals surface area (Å²) in [5.74, 6) is -4.54. The van der Waals surface area contributed by atoms with E-state index in [1.807, 2.05) is 0 Å². The number of nitrogens with two attached hydrogens (primary N) is 1. The Bertz CT molecular complexity index is 1450. The molecule has 0 bridgehead atoms. The number of hydrogen-bond donors (Lipinski definition) is 3. The highest BCUT2D eigenvalue weighted by Crippen LogP contribution is 2.39. The molecule has 4 rings (SSSR count). The van der Waals surface area contributed by atoms with Crippen LogP contribution >= 0.6 is 0 Å². The minimum atomic E-state index is -5.35. The van der Waals surface area contributed by atoms with Gasteiger partial charge in [-0.2, -0.15) is 31.4 Å². The maximum Gasteiger partial charge on any atom is 0.426 e. The number of aromatic nitrogens is 3. The van der Waals surface area contributed by atoms with Crippen LogP contribution in [0.4, 0.5) is 40.9 Å². The molecule has 9 nitrogen and oxygen atoms in total. The second kappa shape index (κ2) is 9.32. The molecule has 1 aliphatic rings. The predicted octanol–water partition coefficient (Wildman–Crippen LogP) is 2.73. The van der Waals surface area contributed by atoms with Crippen LogP contribution in [0.25, 0.3) is 16.8 Å². The number of rotatable bonds is 4. The number of amides is 2. The number of halogens is 8. The fraction of sp³-hybridized carbons (Fsp3) is 0.364. The Hall–Kier alpha value is -4.02. The van der Waals surface area contributed by atoms with E-state index in [1.54, 1.807) is 0 Å². The molecule has 17 heteroatoms. The molecule has 0 aliphatic carbocycles. The highest BCUT2D eigenvalue weighted by Gasteiger charge is 2.58. The molecule has 1 aliphatic heterocycles. The van der Waals surface area contributed by atoms with Crippen LogP contribution in [-0.2, 0) is 11.0 Å². The number of carbonyl (C=O) groups is 2. The van der Waals surface area contributed by atoms with E-state index in [4.69, 9.17) is 5.73 Å². The van der Waals surface area contributed by atoms with E-state index in [1.165, 1.54) is 0 Å². The van der Waals surface area contributed by atoms with E-state index in [-0.39, 0.29) is 18.2 Å². The van der Waals surface area contributed by atoms with Gasteiger partial charge in [0.25, 0.3) is 11.8 Å². The maximum atomic E-state index is 14.5. The van der Waals surface area contributed by atoms with Crippen LogP contribution in [0.2, 0.25) is 0 Å². The van der Waals surface area contributed by atoms with Crippen LogP contribution in [0.5, 0.6) is 0 Å². The van der Waals surface area contributed by atoms with Crippen LogP contribution in [0.15, 0.2) is 30.6 Å². The summed E-state index contributed by atoms with van der Waals surface area (Å²) in [5, 5.41) is 15.4. The van der Waals surface area contributed by atoms with Crippen molar-refractivity contribution in [2.45, 2.75) is 37.1 Å². The van der Waals surface area contributed by atoms with Gasteiger partial charge in [0.05, 0.1) is 23.8 Å². The summed E-state index contributed by atoms with van der Waals surface area (Å²) in [6.45, 7) is -1.41. The largest absolute Gasteiger partial charge is 0.426 e. The lowest BCUT2D eigenvalue weighted by molar-refractivity contribution is -0.249. The summed E-state index contributed by atoms with van der Waals surface area (Å²) in [6, 6.07) is 1.59. The van der Waals surface area contributed by atoms with E-state index in [0.29, 0.717) is 17.0 Å². The number of fused-ring (bicyclic) bond motifs is 1. The number of nitrogens with one attached hydrogen (secondary N) is 1. The summed E-state index contributed by atoms with van der Waals surface area (Å²) in [5.41, 5.74) is -1.08. The van der Waals surface area contributed by atoms with E-state index >= 15 is 0 Å². The predicted molar refractivity (Wildman–Crippen MR) is 117 cm³/mol. The third-order valence-corrected chi connectivity index (χ3v) is 6.16. The van der Waals surface area contributed by atoms with Crippen molar-refractivity contribution < 1.29 is 49.8 Å². The summed E-state index contributed by atoms with van der Waals surface area (Å²) in [6.07, 6.45) is -11.4. The standard InChI is InChI=1S/C22H18F8N6O3/c1-20(39,22(28,29)30)19(38)35-6-13(24)14(7-35)34-18(37)10-2-9(3-11(23)4-10)15-5-12(21(25,26)27)16-17(31)32-8-33-36(15)16/h2-5,8,13-14,39H,6-7H2,1H3,(H,34,37)(H2,31,32,33)/t13-,14+,20+/m0/s1. The van der Waals surface area contributed by atoms with Gasteiger partial charge in [-0.3, -0.25) is 9.59 Å². The number of alkyl halides is 7. The summed E-state index contributed by atoms with van der Waals surface area (Å²) in [4.78, 5) is 28.8. The molecule has 210 valence electrons. The first-order chi connectivity index (χ1) is 17.9. The van der Waals surface area contributed by atoms with Crippen LogP contribution in [0.3, 0.4) is 0 Å².